The molecule has 1 atom stereocenters. The molecule has 1 rings (SSSR count). The Kier molecular flexibility index (Phi) is 3.75. The Bertz CT molecular complexity index is 213. The predicted octanol–water partition coefficient (Wildman–Crippen LogP) is 1.74. The largest absolute Gasteiger partial charge is 0.347 e. The van der Waals surface area contributed by atoms with Gasteiger partial charge in [-0.3, -0.25) is 4.79 Å². The molecule has 3 heteroatoms. The maximum absolute atomic E-state index is 11.3. The molecular weight excluding hydrogens is 164 g/mol. The molecule has 1 aliphatic rings. The number of carbonyl (C=O) groups is 1. The average Bonchev–Trinajstić information content (AvgIpc) is 2.18. The van der Waals surface area contributed by atoms with Crippen molar-refractivity contribution in [2.45, 2.75) is 51.1 Å². The maximum Gasteiger partial charge on any atom is 0.303 e. The summed E-state index contributed by atoms with van der Waals surface area (Å²) in [5.74, 6) is -0.109. The standard InChI is InChI=1S/C10H16N2O/c1-8(11-2)10(13)12-9-6-4-3-5-7-9/h8-9H,3-7H2,1H3,(H,12,13). The lowest BCUT2D eigenvalue weighted by atomic mass is 9.95. The van der Waals surface area contributed by atoms with E-state index in [0.717, 1.165) is 12.8 Å². The van der Waals surface area contributed by atoms with Gasteiger partial charge >= 0.3 is 5.91 Å². The average molecular weight is 180 g/mol. The van der Waals surface area contributed by atoms with Crippen molar-refractivity contribution in [2.24, 2.45) is 0 Å². The molecule has 1 fully saturated rings. The third-order valence-electron chi connectivity index (χ3n) is 2.52. The van der Waals surface area contributed by atoms with Gasteiger partial charge in [-0.25, -0.2) is 6.57 Å². The third-order valence-corrected chi connectivity index (χ3v) is 2.52. The number of carbonyl (C=O) groups excluding carboxylic acids is 1. The highest BCUT2D eigenvalue weighted by atomic mass is 16.2. The van der Waals surface area contributed by atoms with Crippen LogP contribution in [0.15, 0.2) is 0 Å². The topological polar surface area (TPSA) is 33.5 Å². The van der Waals surface area contributed by atoms with Gasteiger partial charge in [0.2, 0.25) is 0 Å². The lowest BCUT2D eigenvalue weighted by Crippen LogP contribution is -2.40. The number of amides is 1. The fourth-order valence-electron chi connectivity index (χ4n) is 1.63. The number of rotatable bonds is 2. The smallest absolute Gasteiger partial charge is 0.303 e. The lowest BCUT2D eigenvalue weighted by molar-refractivity contribution is -0.122. The van der Waals surface area contributed by atoms with Crippen molar-refractivity contribution in [2.75, 3.05) is 0 Å². The Morgan fingerprint density at radius 1 is 1.46 bits per heavy atom. The highest BCUT2D eigenvalue weighted by Crippen LogP contribution is 2.17. The zero-order valence-corrected chi connectivity index (χ0v) is 8.05. The molecule has 1 saturated carbocycles. The molecule has 1 aliphatic carbocycles. The highest BCUT2D eigenvalue weighted by molar-refractivity contribution is 5.83. The van der Waals surface area contributed by atoms with Crippen LogP contribution in [-0.4, -0.2) is 18.0 Å². The molecular formula is C10H16N2O. The Morgan fingerprint density at radius 3 is 2.62 bits per heavy atom. The van der Waals surface area contributed by atoms with Crippen molar-refractivity contribution in [1.82, 2.24) is 5.32 Å². The minimum Gasteiger partial charge on any atom is -0.347 e. The van der Waals surface area contributed by atoms with Crippen LogP contribution in [0.25, 0.3) is 4.85 Å². The van der Waals surface area contributed by atoms with Crippen molar-refractivity contribution in [3.8, 4) is 0 Å². The zero-order valence-electron chi connectivity index (χ0n) is 8.05. The van der Waals surface area contributed by atoms with Gasteiger partial charge in [0.25, 0.3) is 6.04 Å². The van der Waals surface area contributed by atoms with E-state index in [2.05, 4.69) is 10.2 Å². The summed E-state index contributed by atoms with van der Waals surface area (Å²) < 4.78 is 0. The first-order valence-corrected chi connectivity index (χ1v) is 4.91. The van der Waals surface area contributed by atoms with Gasteiger partial charge in [-0.2, -0.15) is 0 Å². The molecule has 0 aromatic carbocycles. The SMILES string of the molecule is [C-]#[N+]C(C)C(=O)NC1CCCCC1. The Balaban J connectivity index is 2.31. The van der Waals surface area contributed by atoms with Crippen LogP contribution in [0.1, 0.15) is 39.0 Å². The van der Waals surface area contributed by atoms with Crippen LogP contribution < -0.4 is 5.32 Å². The quantitative estimate of drug-likeness (QED) is 0.645. The van der Waals surface area contributed by atoms with E-state index in [1.54, 1.807) is 6.92 Å². The van der Waals surface area contributed by atoms with Crippen LogP contribution >= 0.6 is 0 Å². The molecule has 1 unspecified atom stereocenters. The van der Waals surface area contributed by atoms with Gasteiger partial charge in [0, 0.05) is 13.0 Å². The van der Waals surface area contributed by atoms with E-state index >= 15 is 0 Å². The molecule has 0 saturated heterocycles. The molecule has 1 amide bonds. The molecule has 13 heavy (non-hydrogen) atoms. The number of hydrogen-bond acceptors (Lipinski definition) is 1. The lowest BCUT2D eigenvalue weighted by Gasteiger charge is -2.22. The van der Waals surface area contributed by atoms with E-state index < -0.39 is 6.04 Å². The van der Waals surface area contributed by atoms with Crippen molar-refractivity contribution in [1.29, 1.82) is 0 Å². The first-order valence-electron chi connectivity index (χ1n) is 4.91. The molecule has 1 N–H and O–H groups in total. The minimum atomic E-state index is -0.526. The van der Waals surface area contributed by atoms with Gasteiger partial charge in [-0.1, -0.05) is 19.3 Å². The van der Waals surface area contributed by atoms with Crippen LogP contribution in [-0.2, 0) is 4.79 Å². The summed E-state index contributed by atoms with van der Waals surface area (Å²) in [5, 5.41) is 2.92. The van der Waals surface area contributed by atoms with E-state index in [-0.39, 0.29) is 5.91 Å². The molecule has 0 heterocycles. The van der Waals surface area contributed by atoms with Crippen molar-refractivity contribution < 1.29 is 4.79 Å². The van der Waals surface area contributed by atoms with E-state index in [9.17, 15) is 4.79 Å². The summed E-state index contributed by atoms with van der Waals surface area (Å²) >= 11 is 0. The second kappa shape index (κ2) is 4.86. The Hall–Kier alpha value is -1.04. The van der Waals surface area contributed by atoms with Crippen LogP contribution in [0, 0.1) is 6.57 Å². The van der Waals surface area contributed by atoms with Crippen molar-refractivity contribution in [3.63, 3.8) is 0 Å². The van der Waals surface area contributed by atoms with Gasteiger partial charge in [0.15, 0.2) is 0 Å². The van der Waals surface area contributed by atoms with Crippen molar-refractivity contribution >= 4 is 5.91 Å². The second-order valence-electron chi connectivity index (χ2n) is 3.65. The molecule has 0 aromatic rings. The van der Waals surface area contributed by atoms with E-state index in [0.29, 0.717) is 6.04 Å². The molecule has 3 nitrogen and oxygen atoms in total. The summed E-state index contributed by atoms with van der Waals surface area (Å²) in [4.78, 5) is 14.5. The molecule has 0 aliphatic heterocycles. The monoisotopic (exact) mass is 180 g/mol. The van der Waals surface area contributed by atoms with Gasteiger partial charge in [-0.05, 0) is 12.8 Å². The highest BCUT2D eigenvalue weighted by Gasteiger charge is 2.21. The van der Waals surface area contributed by atoms with Gasteiger partial charge < -0.3 is 10.2 Å². The Morgan fingerprint density at radius 2 is 2.08 bits per heavy atom. The van der Waals surface area contributed by atoms with Gasteiger partial charge in [0.1, 0.15) is 0 Å². The van der Waals surface area contributed by atoms with E-state index in [4.69, 9.17) is 6.57 Å². The third kappa shape index (κ3) is 3.06. The van der Waals surface area contributed by atoms with Crippen LogP contribution in [0.4, 0.5) is 0 Å². The molecule has 0 spiro atoms. The summed E-state index contributed by atoms with van der Waals surface area (Å²) in [5.41, 5.74) is 0. The first kappa shape index (κ1) is 10.0. The van der Waals surface area contributed by atoms with Gasteiger partial charge in [0.05, 0.1) is 0 Å². The molecule has 0 bridgehead atoms. The van der Waals surface area contributed by atoms with Crippen molar-refractivity contribution in [3.05, 3.63) is 11.4 Å². The normalized spacial score (nSPS) is 20.3. The number of nitrogens with one attached hydrogen (secondary N) is 1. The summed E-state index contributed by atoms with van der Waals surface area (Å²) in [6.45, 7) is 8.36. The van der Waals surface area contributed by atoms with E-state index in [1.165, 1.54) is 19.3 Å². The van der Waals surface area contributed by atoms with Crippen LogP contribution in [0.2, 0.25) is 0 Å². The number of hydrogen-bond donors (Lipinski definition) is 1. The fraction of sp³-hybridized carbons (Fsp3) is 0.800. The maximum atomic E-state index is 11.3. The molecule has 72 valence electrons. The molecule has 0 aromatic heterocycles. The second-order valence-corrected chi connectivity index (χ2v) is 3.65. The van der Waals surface area contributed by atoms with Crippen LogP contribution in [0.3, 0.4) is 0 Å². The zero-order chi connectivity index (χ0) is 9.68. The Labute approximate surface area is 79.3 Å². The summed E-state index contributed by atoms with van der Waals surface area (Å²) in [7, 11) is 0. The summed E-state index contributed by atoms with van der Waals surface area (Å²) in [6.07, 6.45) is 5.85. The van der Waals surface area contributed by atoms with Gasteiger partial charge in [-0.15, -0.1) is 0 Å². The molecule has 0 radical (unpaired) electrons. The van der Waals surface area contributed by atoms with E-state index in [1.807, 2.05) is 0 Å². The minimum absolute atomic E-state index is 0.109. The predicted molar refractivity (Wildman–Crippen MR) is 51.1 cm³/mol. The number of nitrogens with zero attached hydrogens (tertiary/aromatic N) is 1. The van der Waals surface area contributed by atoms with Crippen LogP contribution in [0.5, 0.6) is 0 Å². The fourth-order valence-corrected chi connectivity index (χ4v) is 1.63. The summed E-state index contributed by atoms with van der Waals surface area (Å²) in [6, 6.07) is -0.202. The first-order chi connectivity index (χ1) is 6.24.